The van der Waals surface area contributed by atoms with Gasteiger partial charge in [0.2, 0.25) is 0 Å². The molecule has 0 bridgehead atoms. The molecule has 3 rings (SSSR count). The summed E-state index contributed by atoms with van der Waals surface area (Å²) in [5, 5.41) is 0. The van der Waals surface area contributed by atoms with Crippen LogP contribution in [0.1, 0.15) is 49.4 Å². The molecule has 2 N–H and O–H groups in total. The largest absolute Gasteiger partial charge is 0.398 e. The average Bonchev–Trinajstić information content (AvgIpc) is 2.50. The molecule has 3 nitrogen and oxygen atoms in total. The Morgan fingerprint density at radius 2 is 2.05 bits per heavy atom. The third kappa shape index (κ3) is 2.83. The lowest BCUT2D eigenvalue weighted by Gasteiger charge is -2.47. The standard InChI is InChI=1S/C17H23BrN2O/c1-11-8-9-20(16-5-3-2-4-13(11)16)17(21)12-6-7-14(18)15(19)10-12/h6-7,10-11,13,16H,2-5,8-9,19H2,1H3. The first kappa shape index (κ1) is 14.9. The molecule has 3 unspecified atom stereocenters. The highest BCUT2D eigenvalue weighted by atomic mass is 79.9. The van der Waals surface area contributed by atoms with Gasteiger partial charge in [-0.3, -0.25) is 4.79 Å². The lowest BCUT2D eigenvalue weighted by Crippen LogP contribution is -2.52. The van der Waals surface area contributed by atoms with Crippen molar-refractivity contribution < 1.29 is 4.79 Å². The molecule has 2 aliphatic rings. The molecule has 1 aromatic carbocycles. The van der Waals surface area contributed by atoms with Crippen LogP contribution >= 0.6 is 15.9 Å². The number of likely N-dealkylation sites (tertiary alicyclic amines) is 1. The van der Waals surface area contributed by atoms with Crippen LogP contribution in [0, 0.1) is 11.8 Å². The van der Waals surface area contributed by atoms with E-state index in [9.17, 15) is 4.79 Å². The molecular weight excluding hydrogens is 328 g/mol. The van der Waals surface area contributed by atoms with Crippen molar-refractivity contribution >= 4 is 27.5 Å². The average molecular weight is 351 g/mol. The highest BCUT2D eigenvalue weighted by Gasteiger charge is 2.39. The van der Waals surface area contributed by atoms with Gasteiger partial charge in [-0.2, -0.15) is 0 Å². The molecule has 2 fully saturated rings. The number of nitrogens with zero attached hydrogens (tertiary/aromatic N) is 1. The molecule has 1 amide bonds. The lowest BCUT2D eigenvalue weighted by molar-refractivity contribution is 0.0218. The van der Waals surface area contributed by atoms with Gasteiger partial charge in [0, 0.05) is 28.3 Å². The van der Waals surface area contributed by atoms with Gasteiger partial charge in [-0.1, -0.05) is 19.8 Å². The first-order valence-corrected chi connectivity index (χ1v) is 8.73. The van der Waals surface area contributed by atoms with Crippen molar-refractivity contribution in [2.24, 2.45) is 11.8 Å². The van der Waals surface area contributed by atoms with Crippen LogP contribution in [0.5, 0.6) is 0 Å². The maximum atomic E-state index is 12.9. The number of amides is 1. The van der Waals surface area contributed by atoms with E-state index in [4.69, 9.17) is 5.73 Å². The Kier molecular flexibility index (Phi) is 4.25. The van der Waals surface area contributed by atoms with Gasteiger partial charge in [0.1, 0.15) is 0 Å². The Labute approximate surface area is 135 Å². The van der Waals surface area contributed by atoms with Crippen LogP contribution in [0.25, 0.3) is 0 Å². The van der Waals surface area contributed by atoms with E-state index in [0.29, 0.717) is 17.6 Å². The molecular formula is C17H23BrN2O. The van der Waals surface area contributed by atoms with Gasteiger partial charge in [-0.15, -0.1) is 0 Å². The first-order chi connectivity index (χ1) is 10.1. The van der Waals surface area contributed by atoms with Gasteiger partial charge in [0.25, 0.3) is 5.91 Å². The summed E-state index contributed by atoms with van der Waals surface area (Å²) in [5.41, 5.74) is 7.27. The number of fused-ring (bicyclic) bond motifs is 1. The number of hydrogen-bond acceptors (Lipinski definition) is 2. The molecule has 3 atom stereocenters. The van der Waals surface area contributed by atoms with Gasteiger partial charge < -0.3 is 10.6 Å². The topological polar surface area (TPSA) is 46.3 Å². The fourth-order valence-corrected chi connectivity index (χ4v) is 4.25. The third-order valence-electron chi connectivity index (χ3n) is 5.24. The summed E-state index contributed by atoms with van der Waals surface area (Å²) in [5.74, 6) is 1.58. The summed E-state index contributed by atoms with van der Waals surface area (Å²) in [7, 11) is 0. The van der Waals surface area contributed by atoms with Crippen LogP contribution < -0.4 is 5.73 Å². The fraction of sp³-hybridized carbons (Fsp3) is 0.588. The maximum absolute atomic E-state index is 12.9. The lowest BCUT2D eigenvalue weighted by atomic mass is 9.72. The van der Waals surface area contributed by atoms with E-state index in [0.717, 1.165) is 35.3 Å². The van der Waals surface area contributed by atoms with E-state index in [1.54, 1.807) is 6.07 Å². The van der Waals surface area contributed by atoms with Crippen LogP contribution in [0.15, 0.2) is 22.7 Å². The second kappa shape index (κ2) is 5.99. The highest BCUT2D eigenvalue weighted by Crippen LogP contribution is 2.39. The summed E-state index contributed by atoms with van der Waals surface area (Å²) < 4.78 is 0.849. The van der Waals surface area contributed by atoms with Crippen molar-refractivity contribution in [3.05, 3.63) is 28.2 Å². The molecule has 0 spiro atoms. The molecule has 1 saturated carbocycles. The minimum absolute atomic E-state index is 0.151. The predicted octanol–water partition coefficient (Wildman–Crippen LogP) is 4.07. The molecule has 0 radical (unpaired) electrons. The van der Waals surface area contributed by atoms with E-state index < -0.39 is 0 Å². The molecule has 114 valence electrons. The molecule has 1 saturated heterocycles. The summed E-state index contributed by atoms with van der Waals surface area (Å²) >= 11 is 3.39. The summed E-state index contributed by atoms with van der Waals surface area (Å²) in [6.07, 6.45) is 6.13. The van der Waals surface area contributed by atoms with Crippen LogP contribution in [0.4, 0.5) is 5.69 Å². The van der Waals surface area contributed by atoms with E-state index in [-0.39, 0.29) is 5.91 Å². The molecule has 1 aliphatic carbocycles. The number of hydrogen-bond donors (Lipinski definition) is 1. The third-order valence-corrected chi connectivity index (χ3v) is 5.96. The quantitative estimate of drug-likeness (QED) is 0.775. The van der Waals surface area contributed by atoms with Gasteiger partial charge >= 0.3 is 0 Å². The molecule has 1 heterocycles. The van der Waals surface area contributed by atoms with Crippen molar-refractivity contribution in [3.8, 4) is 0 Å². The Morgan fingerprint density at radius 1 is 1.29 bits per heavy atom. The van der Waals surface area contributed by atoms with Gasteiger partial charge in [-0.05, 0) is 65.2 Å². The van der Waals surface area contributed by atoms with Crippen molar-refractivity contribution in [1.29, 1.82) is 0 Å². The summed E-state index contributed by atoms with van der Waals surface area (Å²) in [6.45, 7) is 3.24. The SMILES string of the molecule is CC1CCN(C(=O)c2ccc(Br)c(N)c2)C2CCCCC12. The minimum atomic E-state index is 0.151. The van der Waals surface area contributed by atoms with E-state index in [1.165, 1.54) is 19.3 Å². The smallest absolute Gasteiger partial charge is 0.254 e. The van der Waals surface area contributed by atoms with Crippen molar-refractivity contribution in [3.63, 3.8) is 0 Å². The van der Waals surface area contributed by atoms with E-state index in [1.807, 2.05) is 12.1 Å². The molecule has 1 aliphatic heterocycles. The van der Waals surface area contributed by atoms with Crippen molar-refractivity contribution in [2.75, 3.05) is 12.3 Å². The van der Waals surface area contributed by atoms with E-state index in [2.05, 4.69) is 27.8 Å². The Hall–Kier alpha value is -1.03. The molecule has 0 aromatic heterocycles. The number of nitrogens with two attached hydrogens (primary N) is 1. The maximum Gasteiger partial charge on any atom is 0.254 e. The van der Waals surface area contributed by atoms with Crippen molar-refractivity contribution in [1.82, 2.24) is 4.90 Å². The first-order valence-electron chi connectivity index (χ1n) is 7.94. The Bertz CT molecular complexity index is 546. The number of benzene rings is 1. The van der Waals surface area contributed by atoms with Crippen LogP contribution in [-0.4, -0.2) is 23.4 Å². The number of halogens is 1. The second-order valence-corrected chi connectivity index (χ2v) is 7.37. The summed E-state index contributed by atoms with van der Waals surface area (Å²) in [6, 6.07) is 5.97. The number of rotatable bonds is 1. The summed E-state index contributed by atoms with van der Waals surface area (Å²) in [4.78, 5) is 15.0. The molecule has 4 heteroatoms. The monoisotopic (exact) mass is 350 g/mol. The normalized spacial score (nSPS) is 29.0. The molecule has 21 heavy (non-hydrogen) atoms. The number of piperidine rings is 1. The highest BCUT2D eigenvalue weighted by molar-refractivity contribution is 9.10. The van der Waals surface area contributed by atoms with Gasteiger partial charge in [-0.25, -0.2) is 0 Å². The number of carbonyl (C=O) groups excluding carboxylic acids is 1. The van der Waals surface area contributed by atoms with Gasteiger partial charge in [0.15, 0.2) is 0 Å². The zero-order valence-corrected chi connectivity index (χ0v) is 14.1. The Balaban J connectivity index is 1.84. The molecule has 1 aromatic rings. The number of carbonyl (C=O) groups is 1. The second-order valence-electron chi connectivity index (χ2n) is 6.52. The number of nitrogen functional groups attached to an aromatic ring is 1. The zero-order valence-electron chi connectivity index (χ0n) is 12.5. The number of anilines is 1. The van der Waals surface area contributed by atoms with Crippen molar-refractivity contribution in [2.45, 2.75) is 45.1 Å². The Morgan fingerprint density at radius 3 is 2.81 bits per heavy atom. The van der Waals surface area contributed by atoms with Crippen LogP contribution in [0.3, 0.4) is 0 Å². The van der Waals surface area contributed by atoms with E-state index >= 15 is 0 Å². The van der Waals surface area contributed by atoms with Crippen LogP contribution in [0.2, 0.25) is 0 Å². The van der Waals surface area contributed by atoms with Gasteiger partial charge in [0.05, 0.1) is 0 Å². The minimum Gasteiger partial charge on any atom is -0.398 e. The van der Waals surface area contributed by atoms with Crippen LogP contribution in [-0.2, 0) is 0 Å². The zero-order chi connectivity index (χ0) is 15.0. The predicted molar refractivity (Wildman–Crippen MR) is 89.1 cm³/mol. The fourth-order valence-electron chi connectivity index (χ4n) is 4.01.